The third kappa shape index (κ3) is 4.22. The van der Waals surface area contributed by atoms with E-state index in [0.29, 0.717) is 22.3 Å². The lowest BCUT2D eigenvalue weighted by atomic mass is 9.77. The van der Waals surface area contributed by atoms with Gasteiger partial charge in [-0.05, 0) is 74.7 Å². The quantitative estimate of drug-likeness (QED) is 0.165. The Balaban J connectivity index is 1.52. The number of rotatable bonds is 7. The molecule has 0 heterocycles. The van der Waals surface area contributed by atoms with Gasteiger partial charge in [-0.1, -0.05) is 86.0 Å². The molecule has 0 radical (unpaired) electrons. The molecule has 0 saturated carbocycles. The highest BCUT2D eigenvalue weighted by Crippen LogP contribution is 2.57. The van der Waals surface area contributed by atoms with E-state index in [-0.39, 0.29) is 24.3 Å². The van der Waals surface area contributed by atoms with Gasteiger partial charge in [-0.3, -0.25) is 0 Å². The zero-order valence-electron chi connectivity index (χ0n) is 23.3. The molecule has 0 aromatic heterocycles. The summed E-state index contributed by atoms with van der Waals surface area (Å²) in [5, 5.41) is 0. The van der Waals surface area contributed by atoms with E-state index in [1.54, 1.807) is 36.4 Å². The number of benzene rings is 4. The molecule has 0 saturated heterocycles. The number of alkyl halides is 3. The van der Waals surface area contributed by atoms with Gasteiger partial charge in [0.25, 0.3) is 0 Å². The normalized spacial score (nSPS) is 17.2. The Morgan fingerprint density at radius 3 is 1.65 bits per heavy atom. The zero-order valence-corrected chi connectivity index (χ0v) is 23.3. The van der Waals surface area contributed by atoms with E-state index < -0.39 is 28.9 Å². The fourth-order valence-electron chi connectivity index (χ4n) is 6.47. The minimum absolute atomic E-state index is 0.151. The van der Waals surface area contributed by atoms with Gasteiger partial charge in [-0.2, -0.15) is 13.2 Å². The predicted molar refractivity (Wildman–Crippen MR) is 158 cm³/mol. The molecule has 4 nitrogen and oxygen atoms in total. The van der Waals surface area contributed by atoms with Gasteiger partial charge >= 0.3 is 18.1 Å². The van der Waals surface area contributed by atoms with Crippen LogP contribution in [0.1, 0.15) is 29.2 Å². The molecule has 0 N–H and O–H groups in total. The lowest BCUT2D eigenvalue weighted by Crippen LogP contribution is -2.38. The smallest absolute Gasteiger partial charge is 0.402 e. The number of carbonyl (C=O) groups excluding carboxylic acids is 2. The summed E-state index contributed by atoms with van der Waals surface area (Å²) in [6, 6.07) is 25.0. The van der Waals surface area contributed by atoms with Crippen LogP contribution in [0.4, 0.5) is 13.2 Å². The molecule has 6 rings (SSSR count). The van der Waals surface area contributed by atoms with Crippen LogP contribution in [-0.4, -0.2) is 31.3 Å². The first-order valence-electron chi connectivity index (χ1n) is 13.7. The molecule has 0 amide bonds. The van der Waals surface area contributed by atoms with Crippen molar-refractivity contribution in [2.45, 2.75) is 23.9 Å². The number of carbonyl (C=O) groups is 2. The van der Waals surface area contributed by atoms with Gasteiger partial charge in [0.1, 0.15) is 18.6 Å². The summed E-state index contributed by atoms with van der Waals surface area (Å²) < 4.78 is 55.3. The highest BCUT2D eigenvalue weighted by Gasteiger charge is 2.58. The van der Waals surface area contributed by atoms with E-state index >= 15 is 0 Å². The molecule has 4 aromatic rings. The fraction of sp³-hybridized carbons (Fsp3) is 0.167. The first kappa shape index (κ1) is 28.2. The Morgan fingerprint density at radius 2 is 1.12 bits per heavy atom. The van der Waals surface area contributed by atoms with Gasteiger partial charge < -0.3 is 9.47 Å². The number of hydrogen-bond donors (Lipinski definition) is 0. The number of fused-ring (bicyclic) bond motifs is 6. The fourth-order valence-corrected chi connectivity index (χ4v) is 6.47. The van der Waals surface area contributed by atoms with Crippen LogP contribution < -0.4 is 0 Å². The van der Waals surface area contributed by atoms with Crippen molar-refractivity contribution in [2.24, 2.45) is 0 Å². The number of hydrogen-bond acceptors (Lipinski definition) is 4. The molecule has 0 fully saturated rings. The van der Waals surface area contributed by atoms with Crippen LogP contribution in [-0.2, 0) is 29.9 Å². The van der Waals surface area contributed by atoms with Crippen molar-refractivity contribution < 1.29 is 32.2 Å². The van der Waals surface area contributed by atoms with E-state index in [4.69, 9.17) is 9.47 Å². The minimum Gasteiger partial charge on any atom is -0.461 e. The molecule has 1 atom stereocenters. The van der Waals surface area contributed by atoms with Crippen LogP contribution in [0.25, 0.3) is 33.4 Å². The number of ether oxygens (including phenoxy) is 2. The van der Waals surface area contributed by atoms with Crippen molar-refractivity contribution in [2.75, 3.05) is 13.2 Å². The van der Waals surface area contributed by atoms with Crippen LogP contribution in [0, 0.1) is 0 Å². The standard InChI is InChI=1S/C36H27F3O4/c1-4-32(40)42-20-35(21-43-33(41)5-2)29-13-9-7-11-25(29)27-17-15-23(19-31(27)35)22-14-16-26-24-10-6-8-12-28(24)34(3,30(26)18-22)36(37,38)39/h4-19H,1-2,20-21H2,3H3. The van der Waals surface area contributed by atoms with Crippen LogP contribution in [0.5, 0.6) is 0 Å². The average Bonchev–Trinajstić information content (AvgIpc) is 3.45. The van der Waals surface area contributed by atoms with Gasteiger partial charge in [-0.25, -0.2) is 9.59 Å². The first-order chi connectivity index (χ1) is 20.5. The molecule has 1 unspecified atom stereocenters. The van der Waals surface area contributed by atoms with E-state index in [0.717, 1.165) is 34.4 Å². The van der Waals surface area contributed by atoms with Crippen LogP contribution in [0.15, 0.2) is 110 Å². The average molecular weight is 581 g/mol. The number of esters is 2. The lowest BCUT2D eigenvalue weighted by Gasteiger charge is -2.31. The van der Waals surface area contributed by atoms with Gasteiger partial charge in [-0.15, -0.1) is 0 Å². The van der Waals surface area contributed by atoms with Crippen molar-refractivity contribution in [1.82, 2.24) is 0 Å². The summed E-state index contributed by atoms with van der Waals surface area (Å²) in [5.74, 6) is -1.28. The maximum atomic E-state index is 14.7. The van der Waals surface area contributed by atoms with E-state index in [2.05, 4.69) is 13.2 Å². The third-order valence-electron chi connectivity index (χ3n) is 8.74. The third-order valence-corrected chi connectivity index (χ3v) is 8.74. The van der Waals surface area contributed by atoms with E-state index in [9.17, 15) is 22.8 Å². The zero-order chi connectivity index (χ0) is 30.6. The Kier molecular flexibility index (Phi) is 6.64. The summed E-state index contributed by atoms with van der Waals surface area (Å²) in [5.41, 5.74) is 2.79. The van der Waals surface area contributed by atoms with Crippen LogP contribution >= 0.6 is 0 Å². The highest BCUT2D eigenvalue weighted by atomic mass is 19.4. The number of halogens is 3. The summed E-state index contributed by atoms with van der Waals surface area (Å²) in [6.07, 6.45) is -2.41. The predicted octanol–water partition coefficient (Wildman–Crippen LogP) is 7.93. The second-order valence-corrected chi connectivity index (χ2v) is 10.9. The maximum Gasteiger partial charge on any atom is 0.402 e. The van der Waals surface area contributed by atoms with Crippen molar-refractivity contribution in [3.05, 3.63) is 132 Å². The summed E-state index contributed by atoms with van der Waals surface area (Å²) in [4.78, 5) is 24.4. The Morgan fingerprint density at radius 1 is 0.674 bits per heavy atom. The van der Waals surface area contributed by atoms with Gasteiger partial charge in [0.05, 0.1) is 5.41 Å². The van der Waals surface area contributed by atoms with Crippen molar-refractivity contribution in [3.8, 4) is 33.4 Å². The van der Waals surface area contributed by atoms with E-state index in [1.807, 2.05) is 48.5 Å². The van der Waals surface area contributed by atoms with Crippen molar-refractivity contribution in [1.29, 1.82) is 0 Å². The summed E-state index contributed by atoms with van der Waals surface area (Å²) >= 11 is 0. The van der Waals surface area contributed by atoms with Gasteiger partial charge in [0.2, 0.25) is 0 Å². The molecule has 2 aliphatic carbocycles. The molecule has 2 aliphatic rings. The van der Waals surface area contributed by atoms with Crippen molar-refractivity contribution >= 4 is 11.9 Å². The lowest BCUT2D eigenvalue weighted by molar-refractivity contribution is -0.172. The van der Waals surface area contributed by atoms with Gasteiger partial charge in [0, 0.05) is 12.2 Å². The van der Waals surface area contributed by atoms with E-state index in [1.165, 1.54) is 6.92 Å². The van der Waals surface area contributed by atoms with Gasteiger partial charge in [0.15, 0.2) is 0 Å². The second-order valence-electron chi connectivity index (χ2n) is 10.9. The second kappa shape index (κ2) is 10.1. The Hall–Kier alpha value is -4.91. The molecule has 0 aliphatic heterocycles. The largest absolute Gasteiger partial charge is 0.461 e. The molecule has 7 heteroatoms. The van der Waals surface area contributed by atoms with Crippen LogP contribution in [0.2, 0.25) is 0 Å². The summed E-state index contributed by atoms with van der Waals surface area (Å²) in [6.45, 7) is 7.88. The molecule has 0 spiro atoms. The molecule has 216 valence electrons. The SMILES string of the molecule is C=CC(=O)OCC1(COC(=O)C=C)c2ccccc2-c2ccc(-c3ccc4c(c3)C(C)(C(F)(F)F)c3ccccc3-4)cc21. The maximum absolute atomic E-state index is 14.7. The molecular weight excluding hydrogens is 553 g/mol. The topological polar surface area (TPSA) is 52.6 Å². The highest BCUT2D eigenvalue weighted by molar-refractivity contribution is 5.88. The molecule has 0 bridgehead atoms. The first-order valence-corrected chi connectivity index (χ1v) is 13.7. The summed E-state index contributed by atoms with van der Waals surface area (Å²) in [7, 11) is 0. The molecule has 4 aromatic carbocycles. The molecule has 43 heavy (non-hydrogen) atoms. The Labute approximate surface area is 247 Å². The van der Waals surface area contributed by atoms with Crippen molar-refractivity contribution in [3.63, 3.8) is 0 Å². The molecular formula is C36H27F3O4. The van der Waals surface area contributed by atoms with Crippen LogP contribution in [0.3, 0.4) is 0 Å². The minimum atomic E-state index is -4.52. The monoisotopic (exact) mass is 580 g/mol. The Bertz CT molecular complexity index is 1800.